The number of hydrogen-bond donors (Lipinski definition) is 1. The summed E-state index contributed by atoms with van der Waals surface area (Å²) in [6.07, 6.45) is 0.319. The van der Waals surface area contributed by atoms with Crippen molar-refractivity contribution in [2.75, 3.05) is 4.90 Å². The third kappa shape index (κ3) is 2.97. The summed E-state index contributed by atoms with van der Waals surface area (Å²) in [5.74, 6) is -2.08. The molecular weight excluding hydrogens is 328 g/mol. The second-order valence-corrected chi connectivity index (χ2v) is 5.49. The SMILES string of the molecule is O=C(O)CCc1ccc(N2C(=O)c3ccc([N+](=O)[O-])cc3C2=O)cc1. The van der Waals surface area contributed by atoms with E-state index in [2.05, 4.69) is 0 Å². The van der Waals surface area contributed by atoms with Gasteiger partial charge in [-0.3, -0.25) is 24.5 Å². The molecule has 0 atom stereocenters. The van der Waals surface area contributed by atoms with Gasteiger partial charge in [-0.25, -0.2) is 4.90 Å². The van der Waals surface area contributed by atoms with Crippen molar-refractivity contribution >= 4 is 29.2 Å². The molecule has 2 amide bonds. The van der Waals surface area contributed by atoms with E-state index in [0.29, 0.717) is 12.1 Å². The molecule has 0 radical (unpaired) electrons. The number of nitrogens with zero attached hydrogens (tertiary/aromatic N) is 2. The lowest BCUT2D eigenvalue weighted by Gasteiger charge is -2.14. The zero-order chi connectivity index (χ0) is 18.1. The van der Waals surface area contributed by atoms with E-state index in [1.807, 2.05) is 0 Å². The fourth-order valence-electron chi connectivity index (χ4n) is 2.64. The van der Waals surface area contributed by atoms with Crippen molar-refractivity contribution in [1.29, 1.82) is 0 Å². The second kappa shape index (κ2) is 6.16. The summed E-state index contributed by atoms with van der Waals surface area (Å²) < 4.78 is 0. The van der Waals surface area contributed by atoms with Gasteiger partial charge in [-0.05, 0) is 30.2 Å². The molecule has 1 heterocycles. The van der Waals surface area contributed by atoms with Gasteiger partial charge in [-0.1, -0.05) is 12.1 Å². The van der Waals surface area contributed by atoms with Gasteiger partial charge in [0.2, 0.25) is 0 Å². The van der Waals surface area contributed by atoms with Crippen molar-refractivity contribution < 1.29 is 24.4 Å². The molecule has 1 aliphatic heterocycles. The smallest absolute Gasteiger partial charge is 0.303 e. The van der Waals surface area contributed by atoms with Crippen LogP contribution < -0.4 is 4.90 Å². The van der Waals surface area contributed by atoms with E-state index in [-0.39, 0.29) is 23.2 Å². The Labute approximate surface area is 141 Å². The van der Waals surface area contributed by atoms with Crippen molar-refractivity contribution in [1.82, 2.24) is 0 Å². The summed E-state index contributed by atoms with van der Waals surface area (Å²) >= 11 is 0. The van der Waals surface area contributed by atoms with Gasteiger partial charge in [-0.2, -0.15) is 0 Å². The number of nitro benzene ring substituents is 1. The Bertz CT molecular complexity index is 904. The number of aryl methyl sites for hydroxylation is 1. The highest BCUT2D eigenvalue weighted by Crippen LogP contribution is 2.30. The molecule has 8 heteroatoms. The number of anilines is 1. The Morgan fingerprint density at radius 1 is 1.04 bits per heavy atom. The summed E-state index contributed by atoms with van der Waals surface area (Å²) in [6.45, 7) is 0. The van der Waals surface area contributed by atoms with Gasteiger partial charge in [-0.15, -0.1) is 0 Å². The second-order valence-electron chi connectivity index (χ2n) is 5.49. The summed E-state index contributed by atoms with van der Waals surface area (Å²) in [4.78, 5) is 46.7. The summed E-state index contributed by atoms with van der Waals surface area (Å²) in [7, 11) is 0. The fraction of sp³-hybridized carbons (Fsp3) is 0.118. The number of amides is 2. The van der Waals surface area contributed by atoms with Gasteiger partial charge in [0, 0.05) is 18.6 Å². The van der Waals surface area contributed by atoms with Crippen LogP contribution in [0, 0.1) is 10.1 Å². The Balaban J connectivity index is 1.88. The van der Waals surface area contributed by atoms with E-state index in [1.54, 1.807) is 24.3 Å². The standard InChI is InChI=1S/C17H12N2O6/c20-15(21)8-3-10-1-4-11(5-2-10)18-16(22)13-7-6-12(19(24)25)9-14(13)17(18)23/h1-2,4-7,9H,3,8H2,(H,20,21). The summed E-state index contributed by atoms with van der Waals surface area (Å²) in [5, 5.41) is 19.5. The highest BCUT2D eigenvalue weighted by Gasteiger charge is 2.37. The molecule has 0 fully saturated rings. The quantitative estimate of drug-likeness (QED) is 0.507. The maximum Gasteiger partial charge on any atom is 0.303 e. The maximum absolute atomic E-state index is 12.5. The Morgan fingerprint density at radius 2 is 1.68 bits per heavy atom. The van der Waals surface area contributed by atoms with Crippen molar-refractivity contribution in [2.24, 2.45) is 0 Å². The molecule has 0 saturated heterocycles. The average molecular weight is 340 g/mol. The minimum Gasteiger partial charge on any atom is -0.481 e. The van der Waals surface area contributed by atoms with Crippen molar-refractivity contribution in [2.45, 2.75) is 12.8 Å². The third-order valence-corrected chi connectivity index (χ3v) is 3.90. The van der Waals surface area contributed by atoms with Gasteiger partial charge in [0.25, 0.3) is 17.5 Å². The monoisotopic (exact) mass is 340 g/mol. The number of hydrogen-bond acceptors (Lipinski definition) is 5. The van der Waals surface area contributed by atoms with Crippen LogP contribution in [0.4, 0.5) is 11.4 Å². The highest BCUT2D eigenvalue weighted by atomic mass is 16.6. The number of carbonyl (C=O) groups excluding carboxylic acids is 2. The van der Waals surface area contributed by atoms with Crippen molar-refractivity contribution in [3.8, 4) is 0 Å². The molecule has 1 aliphatic rings. The number of rotatable bonds is 5. The van der Waals surface area contributed by atoms with E-state index in [0.717, 1.165) is 16.5 Å². The molecule has 0 saturated carbocycles. The van der Waals surface area contributed by atoms with Crippen LogP contribution >= 0.6 is 0 Å². The predicted octanol–water partition coefficient (Wildman–Crippen LogP) is 2.41. The van der Waals surface area contributed by atoms with Crippen molar-refractivity contribution in [3.63, 3.8) is 0 Å². The van der Waals surface area contributed by atoms with Gasteiger partial charge >= 0.3 is 5.97 Å². The first kappa shape index (κ1) is 16.3. The lowest BCUT2D eigenvalue weighted by molar-refractivity contribution is -0.384. The molecule has 126 valence electrons. The van der Waals surface area contributed by atoms with E-state index >= 15 is 0 Å². The number of benzene rings is 2. The number of carboxylic acids is 1. The zero-order valence-corrected chi connectivity index (χ0v) is 12.8. The van der Waals surface area contributed by atoms with Crippen LogP contribution in [0.2, 0.25) is 0 Å². The van der Waals surface area contributed by atoms with Gasteiger partial charge in [0.15, 0.2) is 0 Å². The molecule has 0 bridgehead atoms. The number of carboxylic acid groups (broad SMARTS) is 1. The van der Waals surface area contributed by atoms with E-state index < -0.39 is 22.7 Å². The summed E-state index contributed by atoms with van der Waals surface area (Å²) in [5.41, 5.74) is 0.941. The highest BCUT2D eigenvalue weighted by molar-refractivity contribution is 6.34. The maximum atomic E-state index is 12.5. The number of aliphatic carboxylic acids is 1. The summed E-state index contributed by atoms with van der Waals surface area (Å²) in [6, 6.07) is 9.93. The Hall–Kier alpha value is -3.55. The minimum absolute atomic E-state index is 0.00541. The van der Waals surface area contributed by atoms with Gasteiger partial charge < -0.3 is 5.11 Å². The molecular formula is C17H12N2O6. The fourth-order valence-corrected chi connectivity index (χ4v) is 2.64. The number of fused-ring (bicyclic) bond motifs is 1. The lowest BCUT2D eigenvalue weighted by Crippen LogP contribution is -2.29. The molecule has 0 unspecified atom stereocenters. The third-order valence-electron chi connectivity index (χ3n) is 3.90. The normalized spacial score (nSPS) is 13.0. The number of imide groups is 1. The molecule has 3 rings (SSSR count). The van der Waals surface area contributed by atoms with Gasteiger partial charge in [0.05, 0.1) is 21.7 Å². The molecule has 25 heavy (non-hydrogen) atoms. The van der Waals surface area contributed by atoms with Crippen LogP contribution in [-0.2, 0) is 11.2 Å². The molecule has 8 nitrogen and oxygen atoms in total. The van der Waals surface area contributed by atoms with Crippen LogP contribution in [0.5, 0.6) is 0 Å². The van der Waals surface area contributed by atoms with Crippen LogP contribution in [0.25, 0.3) is 0 Å². The molecule has 0 aromatic heterocycles. The Morgan fingerprint density at radius 3 is 2.28 bits per heavy atom. The predicted molar refractivity (Wildman–Crippen MR) is 86.6 cm³/mol. The molecule has 0 aliphatic carbocycles. The van der Waals surface area contributed by atoms with Gasteiger partial charge in [0.1, 0.15) is 0 Å². The molecule has 0 spiro atoms. The van der Waals surface area contributed by atoms with Crippen LogP contribution in [0.1, 0.15) is 32.7 Å². The first-order valence-corrected chi connectivity index (χ1v) is 7.36. The average Bonchev–Trinajstić information content (AvgIpc) is 2.84. The largest absolute Gasteiger partial charge is 0.481 e. The van der Waals surface area contributed by atoms with E-state index in [1.165, 1.54) is 12.1 Å². The molecule has 2 aromatic carbocycles. The number of nitro groups is 1. The first-order chi connectivity index (χ1) is 11.9. The van der Waals surface area contributed by atoms with Crippen molar-refractivity contribution in [3.05, 3.63) is 69.3 Å². The van der Waals surface area contributed by atoms with E-state index in [9.17, 15) is 24.5 Å². The zero-order valence-electron chi connectivity index (χ0n) is 12.8. The first-order valence-electron chi connectivity index (χ1n) is 7.36. The number of carbonyl (C=O) groups is 3. The Kier molecular flexibility index (Phi) is 4.02. The van der Waals surface area contributed by atoms with Crippen LogP contribution in [0.3, 0.4) is 0 Å². The molecule has 2 aromatic rings. The van der Waals surface area contributed by atoms with Crippen LogP contribution in [-0.4, -0.2) is 27.8 Å². The number of non-ortho nitro benzene ring substituents is 1. The van der Waals surface area contributed by atoms with E-state index in [4.69, 9.17) is 5.11 Å². The molecule has 1 N–H and O–H groups in total. The minimum atomic E-state index is -0.911. The lowest BCUT2D eigenvalue weighted by atomic mass is 10.1. The van der Waals surface area contributed by atoms with Crippen LogP contribution in [0.15, 0.2) is 42.5 Å². The topological polar surface area (TPSA) is 118 Å².